The van der Waals surface area contributed by atoms with E-state index in [0.717, 1.165) is 30.3 Å². The molecule has 1 N–H and O–H groups in total. The molecule has 0 saturated carbocycles. The van der Waals surface area contributed by atoms with Gasteiger partial charge in [0.1, 0.15) is 0 Å². The number of unbranched alkanes of at least 4 members (excludes halogenated alkanes) is 1. The van der Waals surface area contributed by atoms with E-state index in [9.17, 15) is 5.11 Å². The number of nitrogens with zero attached hydrogens (tertiary/aromatic N) is 2. The predicted octanol–water partition coefficient (Wildman–Crippen LogP) is 2.99. The second-order valence-electron chi connectivity index (χ2n) is 6.86. The maximum absolute atomic E-state index is 9.44. The van der Waals surface area contributed by atoms with Gasteiger partial charge in [-0.3, -0.25) is 4.68 Å². The normalized spacial score (nSPS) is 11.7. The van der Waals surface area contributed by atoms with E-state index in [1.54, 1.807) is 4.68 Å². The minimum Gasteiger partial charge on any atom is -0.402 e. The first-order chi connectivity index (χ1) is 13.2. The van der Waals surface area contributed by atoms with Crippen LogP contribution in [0.5, 0.6) is 0 Å². The van der Waals surface area contributed by atoms with Crippen LogP contribution in [-0.4, -0.2) is 23.2 Å². The number of aliphatic hydroxyl groups excluding tert-OH is 1. The van der Waals surface area contributed by atoms with Crippen molar-refractivity contribution in [3.05, 3.63) is 78.1 Å². The fraction of sp³-hybridized carbons (Fsp3) is 0.318. The molecule has 4 nitrogen and oxygen atoms in total. The summed E-state index contributed by atoms with van der Waals surface area (Å²) in [5.74, 6) is 0. The lowest BCUT2D eigenvalue weighted by Crippen LogP contribution is -2.60. The SMILES string of the molecule is CCCC[Si](OCc1cc(CO)n(C)n1)(c1ccccc1)c1ccccc1. The largest absolute Gasteiger partial charge is 0.402 e. The number of aryl methyl sites for hydroxylation is 1. The molecule has 3 rings (SSSR count). The van der Waals surface area contributed by atoms with Gasteiger partial charge in [-0.2, -0.15) is 5.10 Å². The lowest BCUT2D eigenvalue weighted by Gasteiger charge is -2.32. The second-order valence-corrected chi connectivity index (χ2v) is 10.5. The zero-order chi connectivity index (χ0) is 19.1. The quantitative estimate of drug-likeness (QED) is 0.581. The van der Waals surface area contributed by atoms with Gasteiger partial charge in [0.05, 0.1) is 24.6 Å². The molecule has 5 heteroatoms. The maximum atomic E-state index is 9.44. The number of hydrogen-bond donors (Lipinski definition) is 1. The van der Waals surface area contributed by atoms with Crippen LogP contribution in [0.25, 0.3) is 0 Å². The predicted molar refractivity (Wildman–Crippen MR) is 112 cm³/mol. The van der Waals surface area contributed by atoms with E-state index < -0.39 is 8.32 Å². The van der Waals surface area contributed by atoms with Gasteiger partial charge in [0.25, 0.3) is 8.32 Å². The molecule has 0 saturated heterocycles. The Kier molecular flexibility index (Phi) is 6.61. The van der Waals surface area contributed by atoms with Crippen molar-refractivity contribution < 1.29 is 9.53 Å². The molecule has 3 aromatic rings. The van der Waals surface area contributed by atoms with E-state index in [2.05, 4.69) is 72.7 Å². The van der Waals surface area contributed by atoms with Crippen LogP contribution in [0.3, 0.4) is 0 Å². The zero-order valence-corrected chi connectivity index (χ0v) is 17.1. The van der Waals surface area contributed by atoms with Gasteiger partial charge in [-0.1, -0.05) is 80.4 Å². The standard InChI is InChI=1S/C22H28N2O2Si/c1-3-4-15-27(21-11-7-5-8-12-21,22-13-9-6-10-14-22)26-18-19-16-20(17-25)24(2)23-19/h5-14,16,25H,3-4,15,17-18H2,1-2H3. The molecule has 0 fully saturated rings. The summed E-state index contributed by atoms with van der Waals surface area (Å²) in [6, 6.07) is 24.3. The van der Waals surface area contributed by atoms with Crippen LogP contribution in [0.4, 0.5) is 0 Å². The van der Waals surface area contributed by atoms with Crippen molar-refractivity contribution in [2.24, 2.45) is 7.05 Å². The van der Waals surface area contributed by atoms with Gasteiger partial charge in [-0.25, -0.2) is 0 Å². The van der Waals surface area contributed by atoms with Crippen LogP contribution in [0.15, 0.2) is 66.7 Å². The number of rotatable bonds is 9. The lowest BCUT2D eigenvalue weighted by molar-refractivity contribution is 0.270. The van der Waals surface area contributed by atoms with E-state index in [-0.39, 0.29) is 6.61 Å². The molecule has 2 aromatic carbocycles. The van der Waals surface area contributed by atoms with Crippen molar-refractivity contribution in [2.75, 3.05) is 0 Å². The number of benzene rings is 2. The van der Waals surface area contributed by atoms with Gasteiger partial charge in [0.2, 0.25) is 0 Å². The molecule has 1 heterocycles. The molecule has 0 radical (unpaired) electrons. The van der Waals surface area contributed by atoms with E-state index in [0.29, 0.717) is 6.61 Å². The summed E-state index contributed by atoms with van der Waals surface area (Å²) in [6.07, 6.45) is 2.26. The van der Waals surface area contributed by atoms with Gasteiger partial charge in [0, 0.05) is 7.05 Å². The Hall–Kier alpha value is -2.21. The Bertz CT molecular complexity index is 795. The Morgan fingerprint density at radius 3 is 2.07 bits per heavy atom. The first kappa shape index (κ1) is 19.5. The van der Waals surface area contributed by atoms with Crippen molar-refractivity contribution in [1.29, 1.82) is 0 Å². The molecular weight excluding hydrogens is 352 g/mol. The minimum absolute atomic E-state index is 0.0146. The van der Waals surface area contributed by atoms with Crippen LogP contribution < -0.4 is 10.4 Å². The van der Waals surface area contributed by atoms with E-state index >= 15 is 0 Å². The number of hydrogen-bond acceptors (Lipinski definition) is 3. The Morgan fingerprint density at radius 1 is 1.00 bits per heavy atom. The third-order valence-electron chi connectivity index (χ3n) is 5.02. The smallest absolute Gasteiger partial charge is 0.256 e. The summed E-state index contributed by atoms with van der Waals surface area (Å²) in [5, 5.41) is 16.5. The molecule has 1 aromatic heterocycles. The van der Waals surface area contributed by atoms with E-state index in [1.807, 2.05) is 13.1 Å². The first-order valence-electron chi connectivity index (χ1n) is 9.57. The molecule has 0 aliphatic heterocycles. The fourth-order valence-electron chi connectivity index (χ4n) is 3.52. The summed E-state index contributed by atoms with van der Waals surface area (Å²) in [4.78, 5) is 0. The van der Waals surface area contributed by atoms with Gasteiger partial charge in [0.15, 0.2) is 0 Å². The van der Waals surface area contributed by atoms with E-state index in [1.165, 1.54) is 10.4 Å². The zero-order valence-electron chi connectivity index (χ0n) is 16.1. The summed E-state index contributed by atoms with van der Waals surface area (Å²) >= 11 is 0. The molecule has 27 heavy (non-hydrogen) atoms. The highest BCUT2D eigenvalue weighted by molar-refractivity contribution is 6.97. The molecule has 0 unspecified atom stereocenters. The van der Waals surface area contributed by atoms with Gasteiger partial charge in [-0.15, -0.1) is 0 Å². The first-order valence-corrected chi connectivity index (χ1v) is 11.7. The molecule has 0 bridgehead atoms. The number of aliphatic hydroxyl groups is 1. The van der Waals surface area contributed by atoms with Gasteiger partial charge < -0.3 is 9.53 Å². The molecule has 0 atom stereocenters. The average Bonchev–Trinajstić information content (AvgIpc) is 3.09. The van der Waals surface area contributed by atoms with Crippen LogP contribution in [0, 0.1) is 0 Å². The molecule has 0 aliphatic rings. The topological polar surface area (TPSA) is 47.3 Å². The second kappa shape index (κ2) is 9.13. The van der Waals surface area contributed by atoms with Crippen LogP contribution in [0.2, 0.25) is 6.04 Å². The van der Waals surface area contributed by atoms with Crippen LogP contribution >= 0.6 is 0 Å². The molecule has 142 valence electrons. The minimum atomic E-state index is -2.38. The number of aromatic nitrogens is 2. The summed E-state index contributed by atoms with van der Waals surface area (Å²) in [7, 11) is -0.529. The lowest BCUT2D eigenvalue weighted by atomic mass is 10.4. The van der Waals surface area contributed by atoms with Crippen molar-refractivity contribution in [2.45, 2.75) is 39.0 Å². The monoisotopic (exact) mass is 380 g/mol. The van der Waals surface area contributed by atoms with Crippen molar-refractivity contribution >= 4 is 18.7 Å². The highest BCUT2D eigenvalue weighted by Gasteiger charge is 2.39. The van der Waals surface area contributed by atoms with E-state index in [4.69, 9.17) is 4.43 Å². The summed E-state index contributed by atoms with van der Waals surface area (Å²) < 4.78 is 8.51. The molecule has 0 aliphatic carbocycles. The van der Waals surface area contributed by atoms with Crippen LogP contribution in [0.1, 0.15) is 31.2 Å². The van der Waals surface area contributed by atoms with Crippen molar-refractivity contribution in [3.63, 3.8) is 0 Å². The van der Waals surface area contributed by atoms with Crippen molar-refractivity contribution in [3.8, 4) is 0 Å². The highest BCUT2D eigenvalue weighted by Crippen LogP contribution is 2.19. The highest BCUT2D eigenvalue weighted by atomic mass is 28.4. The molecular formula is C22H28N2O2Si. The Labute approximate surface area is 162 Å². The molecule has 0 spiro atoms. The Balaban J connectivity index is 1.99. The van der Waals surface area contributed by atoms with Gasteiger partial charge >= 0.3 is 0 Å². The van der Waals surface area contributed by atoms with Crippen LogP contribution in [-0.2, 0) is 24.7 Å². The summed E-state index contributed by atoms with van der Waals surface area (Å²) in [6.45, 7) is 2.66. The average molecular weight is 381 g/mol. The Morgan fingerprint density at radius 2 is 1.59 bits per heavy atom. The van der Waals surface area contributed by atoms with Gasteiger partial charge in [-0.05, 0) is 22.5 Å². The molecule has 0 amide bonds. The maximum Gasteiger partial charge on any atom is 0.256 e. The fourth-order valence-corrected chi connectivity index (χ4v) is 7.62. The third-order valence-corrected chi connectivity index (χ3v) is 9.25. The third kappa shape index (κ3) is 4.38. The summed E-state index contributed by atoms with van der Waals surface area (Å²) in [5.41, 5.74) is 1.66. The van der Waals surface area contributed by atoms with Crippen molar-refractivity contribution in [1.82, 2.24) is 9.78 Å².